The van der Waals surface area contributed by atoms with Crippen LogP contribution in [-0.2, 0) is 4.79 Å². The van der Waals surface area contributed by atoms with E-state index in [2.05, 4.69) is 4.98 Å². The van der Waals surface area contributed by atoms with E-state index in [9.17, 15) is 20.0 Å². The molecule has 2 aliphatic rings. The average molecular weight is 312 g/mol. The predicted molar refractivity (Wildman–Crippen MR) is 75.5 cm³/mol. The molecule has 21 heavy (non-hydrogen) atoms. The van der Waals surface area contributed by atoms with Crippen molar-refractivity contribution in [2.24, 2.45) is 11.8 Å². The van der Waals surface area contributed by atoms with Crippen molar-refractivity contribution in [3.63, 3.8) is 0 Å². The molecule has 0 aromatic carbocycles. The first-order chi connectivity index (χ1) is 9.99. The van der Waals surface area contributed by atoms with Gasteiger partial charge < -0.3 is 10.0 Å². The maximum Gasteiger partial charge on any atom is 0.326 e. The Morgan fingerprint density at radius 2 is 2.29 bits per heavy atom. The van der Waals surface area contributed by atoms with Crippen LogP contribution in [0.25, 0.3) is 0 Å². The minimum atomic E-state index is -0.888. The number of fused-ring (bicyclic) bond motifs is 1. The van der Waals surface area contributed by atoms with Crippen molar-refractivity contribution >= 4 is 29.1 Å². The summed E-state index contributed by atoms with van der Waals surface area (Å²) in [6.07, 6.45) is 4.07. The molecule has 3 atom stereocenters. The topological polar surface area (TPSA) is 96.6 Å². The smallest absolute Gasteiger partial charge is 0.326 e. The number of carbonyl (C=O) groups is 1. The molecule has 2 heterocycles. The van der Waals surface area contributed by atoms with Gasteiger partial charge in [-0.2, -0.15) is 0 Å². The lowest BCUT2D eigenvalue weighted by molar-refractivity contribution is -0.385. The van der Waals surface area contributed by atoms with Crippen molar-refractivity contribution in [2.45, 2.75) is 25.3 Å². The van der Waals surface area contributed by atoms with Crippen LogP contribution in [0.5, 0.6) is 0 Å². The lowest BCUT2D eigenvalue weighted by Crippen LogP contribution is -2.40. The summed E-state index contributed by atoms with van der Waals surface area (Å²) in [6.45, 7) is 0.589. The van der Waals surface area contributed by atoms with Gasteiger partial charge in [-0.1, -0.05) is 18.0 Å². The van der Waals surface area contributed by atoms with Crippen LogP contribution >= 0.6 is 11.6 Å². The Morgan fingerprint density at radius 3 is 2.90 bits per heavy atom. The first-order valence-corrected chi connectivity index (χ1v) is 7.16. The highest BCUT2D eigenvalue weighted by atomic mass is 35.5. The van der Waals surface area contributed by atoms with Gasteiger partial charge in [-0.25, -0.2) is 9.78 Å². The third kappa shape index (κ3) is 2.31. The number of carboxylic acids is 1. The number of hydrogen-bond donors (Lipinski definition) is 1. The molecular weight excluding hydrogens is 298 g/mol. The van der Waals surface area contributed by atoms with E-state index in [1.165, 1.54) is 6.07 Å². The number of pyridine rings is 1. The minimum Gasteiger partial charge on any atom is -0.480 e. The number of aromatic nitrogens is 1. The van der Waals surface area contributed by atoms with E-state index < -0.39 is 16.9 Å². The van der Waals surface area contributed by atoms with E-state index in [4.69, 9.17) is 11.6 Å². The highest BCUT2D eigenvalue weighted by Crippen LogP contribution is 2.45. The fourth-order valence-electron chi connectivity index (χ4n) is 3.57. The Balaban J connectivity index is 1.96. The number of carboxylic acid groups (broad SMARTS) is 1. The lowest BCUT2D eigenvalue weighted by atomic mass is 9.94. The van der Waals surface area contributed by atoms with Gasteiger partial charge in [0, 0.05) is 12.6 Å². The fourth-order valence-corrected chi connectivity index (χ4v) is 3.84. The van der Waals surface area contributed by atoms with Crippen molar-refractivity contribution in [1.29, 1.82) is 0 Å². The van der Waals surface area contributed by atoms with Gasteiger partial charge in [0.2, 0.25) is 0 Å². The molecule has 1 aromatic rings. The quantitative estimate of drug-likeness (QED) is 0.679. The lowest BCUT2D eigenvalue weighted by Gasteiger charge is -2.25. The number of aliphatic carboxylic acids is 1. The summed E-state index contributed by atoms with van der Waals surface area (Å²) in [7, 11) is 0. The van der Waals surface area contributed by atoms with Crippen LogP contribution in [-0.4, -0.2) is 33.6 Å². The number of rotatable bonds is 3. The Morgan fingerprint density at radius 1 is 1.52 bits per heavy atom. The van der Waals surface area contributed by atoms with E-state index in [0.717, 1.165) is 25.5 Å². The maximum absolute atomic E-state index is 11.6. The van der Waals surface area contributed by atoms with Crippen molar-refractivity contribution in [2.75, 3.05) is 11.4 Å². The monoisotopic (exact) mass is 311 g/mol. The normalized spacial score (nSPS) is 27.7. The van der Waals surface area contributed by atoms with E-state index in [1.54, 1.807) is 4.90 Å². The van der Waals surface area contributed by atoms with Gasteiger partial charge in [-0.15, -0.1) is 0 Å². The van der Waals surface area contributed by atoms with Crippen LogP contribution in [0.4, 0.5) is 11.5 Å². The first-order valence-electron chi connectivity index (χ1n) is 6.78. The maximum atomic E-state index is 11.6. The van der Waals surface area contributed by atoms with E-state index >= 15 is 0 Å². The molecule has 0 amide bonds. The van der Waals surface area contributed by atoms with Gasteiger partial charge in [-0.3, -0.25) is 10.1 Å². The zero-order valence-corrected chi connectivity index (χ0v) is 11.9. The van der Waals surface area contributed by atoms with Crippen LogP contribution < -0.4 is 4.90 Å². The van der Waals surface area contributed by atoms with Crippen LogP contribution in [0.2, 0.25) is 5.02 Å². The largest absolute Gasteiger partial charge is 0.480 e. The number of nitro groups is 1. The second-order valence-electron chi connectivity index (χ2n) is 5.55. The molecule has 0 radical (unpaired) electrons. The molecule has 3 rings (SSSR count). The average Bonchev–Trinajstić information content (AvgIpc) is 2.97. The zero-order valence-electron chi connectivity index (χ0n) is 11.1. The van der Waals surface area contributed by atoms with Crippen molar-refractivity contribution in [1.82, 2.24) is 4.98 Å². The van der Waals surface area contributed by atoms with E-state index in [1.807, 2.05) is 0 Å². The molecule has 8 heteroatoms. The molecule has 1 saturated carbocycles. The number of hydrogen-bond acceptors (Lipinski definition) is 5. The van der Waals surface area contributed by atoms with E-state index in [0.29, 0.717) is 18.3 Å². The van der Waals surface area contributed by atoms with Gasteiger partial charge in [0.15, 0.2) is 0 Å². The summed E-state index contributed by atoms with van der Waals surface area (Å²) >= 11 is 6.08. The second-order valence-corrected chi connectivity index (χ2v) is 5.95. The van der Waals surface area contributed by atoms with Gasteiger partial charge in [0.1, 0.15) is 18.1 Å². The van der Waals surface area contributed by atoms with Gasteiger partial charge in [0.25, 0.3) is 5.69 Å². The fraction of sp³-hybridized carbons (Fsp3) is 0.538. The number of halogens is 1. The standard InChI is InChI=1S/C13H14ClN3O4/c14-10-4-8(17(20)21)5-15-12(10)16-6-7-2-1-3-9(7)11(16)13(18)19/h4-5,7,9,11H,1-3,6H2,(H,18,19). The summed E-state index contributed by atoms with van der Waals surface area (Å²) in [5.41, 5.74) is -0.199. The third-order valence-corrected chi connectivity index (χ3v) is 4.71. The van der Waals surface area contributed by atoms with Crippen LogP contribution in [0.15, 0.2) is 12.3 Å². The molecule has 1 aliphatic heterocycles. The zero-order chi connectivity index (χ0) is 15.1. The molecule has 1 saturated heterocycles. The third-order valence-electron chi connectivity index (χ3n) is 4.43. The molecule has 1 N–H and O–H groups in total. The highest BCUT2D eigenvalue weighted by molar-refractivity contribution is 6.33. The Kier molecular flexibility index (Phi) is 3.44. The minimum absolute atomic E-state index is 0.107. The van der Waals surface area contributed by atoms with Crippen molar-refractivity contribution in [3.05, 3.63) is 27.4 Å². The second kappa shape index (κ2) is 5.14. The Labute approximate surface area is 125 Å². The molecule has 1 aromatic heterocycles. The van der Waals surface area contributed by atoms with Gasteiger partial charge >= 0.3 is 5.97 Å². The number of nitrogens with zero attached hydrogens (tertiary/aromatic N) is 3. The summed E-state index contributed by atoms with van der Waals surface area (Å²) in [5, 5.41) is 20.3. The Bertz CT molecular complexity index is 609. The molecule has 3 unspecified atom stereocenters. The van der Waals surface area contributed by atoms with Crippen LogP contribution in [0.3, 0.4) is 0 Å². The summed E-state index contributed by atoms with van der Waals surface area (Å²) in [4.78, 5) is 27.5. The molecular formula is C13H14ClN3O4. The van der Waals surface area contributed by atoms with Crippen LogP contribution in [0, 0.1) is 22.0 Å². The first kappa shape index (κ1) is 14.1. The molecule has 0 spiro atoms. The predicted octanol–water partition coefficient (Wildman–Crippen LogP) is 2.33. The van der Waals surface area contributed by atoms with E-state index in [-0.39, 0.29) is 16.6 Å². The number of anilines is 1. The van der Waals surface area contributed by atoms with Gasteiger partial charge in [-0.05, 0) is 24.7 Å². The summed E-state index contributed by atoms with van der Waals surface area (Å²) < 4.78 is 0. The molecule has 2 fully saturated rings. The molecule has 112 valence electrons. The molecule has 1 aliphatic carbocycles. The van der Waals surface area contributed by atoms with Crippen molar-refractivity contribution < 1.29 is 14.8 Å². The van der Waals surface area contributed by atoms with Crippen molar-refractivity contribution in [3.8, 4) is 0 Å². The summed E-state index contributed by atoms with van der Waals surface area (Å²) in [5.74, 6) is -0.126. The van der Waals surface area contributed by atoms with Crippen LogP contribution in [0.1, 0.15) is 19.3 Å². The van der Waals surface area contributed by atoms with Gasteiger partial charge in [0.05, 0.1) is 9.95 Å². The molecule has 0 bridgehead atoms. The molecule has 7 nitrogen and oxygen atoms in total. The Hall–Kier alpha value is -1.89. The SMILES string of the molecule is O=C(O)C1C2CCCC2CN1c1ncc([N+](=O)[O-])cc1Cl. The summed E-state index contributed by atoms with van der Waals surface area (Å²) in [6, 6.07) is 0.570. The highest BCUT2D eigenvalue weighted by Gasteiger charge is 2.48.